The number of rotatable bonds is 7. The van der Waals surface area contributed by atoms with Crippen LogP contribution in [0.15, 0.2) is 36.4 Å². The minimum atomic E-state index is -0.660. The van der Waals surface area contributed by atoms with Crippen LogP contribution in [0, 0.1) is 18.2 Å². The normalized spacial score (nSPS) is 10.3. The predicted molar refractivity (Wildman–Crippen MR) is 100 cm³/mol. The number of nitrogens with two attached hydrogens (primary N) is 2. The van der Waals surface area contributed by atoms with Gasteiger partial charge in [-0.2, -0.15) is 0 Å². The highest BCUT2D eigenvalue weighted by atomic mass is 19.1. The number of anilines is 1. The van der Waals surface area contributed by atoms with Crippen LogP contribution in [0.2, 0.25) is 0 Å². The van der Waals surface area contributed by atoms with E-state index < -0.39 is 5.91 Å². The van der Waals surface area contributed by atoms with Crippen molar-refractivity contribution in [2.45, 2.75) is 20.4 Å². The highest BCUT2D eigenvalue weighted by Gasteiger charge is 2.17. The predicted octanol–water partition coefficient (Wildman–Crippen LogP) is 1.84. The van der Waals surface area contributed by atoms with Crippen molar-refractivity contribution in [3.05, 3.63) is 58.9 Å². The van der Waals surface area contributed by atoms with Crippen molar-refractivity contribution in [3.8, 4) is 5.75 Å². The molecule has 8 heteroatoms. The Labute approximate surface area is 156 Å². The van der Waals surface area contributed by atoms with E-state index in [1.54, 1.807) is 25.1 Å². The molecule has 0 atom stereocenters. The third-order valence-electron chi connectivity index (χ3n) is 3.91. The maximum atomic E-state index is 13.6. The summed E-state index contributed by atoms with van der Waals surface area (Å²) < 4.78 is 19.0. The van der Waals surface area contributed by atoms with Crippen LogP contribution in [-0.4, -0.2) is 24.3 Å². The molecule has 0 radical (unpaired) electrons. The number of halogens is 1. The van der Waals surface area contributed by atoms with E-state index in [4.69, 9.17) is 21.6 Å². The van der Waals surface area contributed by atoms with Crippen LogP contribution in [0.4, 0.5) is 10.1 Å². The molecule has 142 valence electrons. The average molecular weight is 372 g/mol. The fourth-order valence-electron chi connectivity index (χ4n) is 2.49. The van der Waals surface area contributed by atoms with Crippen molar-refractivity contribution in [1.29, 1.82) is 5.41 Å². The van der Waals surface area contributed by atoms with Crippen molar-refractivity contribution in [2.24, 2.45) is 11.5 Å². The van der Waals surface area contributed by atoms with Gasteiger partial charge in [-0.1, -0.05) is 12.1 Å². The van der Waals surface area contributed by atoms with E-state index in [1.165, 1.54) is 30.0 Å². The molecule has 0 aromatic heterocycles. The number of carbonyl (C=O) groups excluding carboxylic acids is 2. The molecule has 0 bridgehead atoms. The quantitative estimate of drug-likeness (QED) is 0.507. The third kappa shape index (κ3) is 5.04. The Bertz CT molecular complexity index is 899. The van der Waals surface area contributed by atoms with E-state index in [0.717, 1.165) is 0 Å². The van der Waals surface area contributed by atoms with Gasteiger partial charge < -0.3 is 21.1 Å². The van der Waals surface area contributed by atoms with Crippen LogP contribution >= 0.6 is 0 Å². The second kappa shape index (κ2) is 8.31. The number of ether oxygens (including phenoxy) is 1. The summed E-state index contributed by atoms with van der Waals surface area (Å²) in [5.74, 6) is -1.16. The minimum absolute atomic E-state index is 0.118. The first kappa shape index (κ1) is 19.9. The lowest BCUT2D eigenvalue weighted by Gasteiger charge is -2.23. The highest BCUT2D eigenvalue weighted by molar-refractivity contribution is 5.95. The molecule has 0 aliphatic heterocycles. The zero-order valence-corrected chi connectivity index (χ0v) is 15.1. The van der Waals surface area contributed by atoms with E-state index in [9.17, 15) is 14.0 Å². The van der Waals surface area contributed by atoms with Gasteiger partial charge in [-0.25, -0.2) is 4.39 Å². The second-order valence-corrected chi connectivity index (χ2v) is 6.03. The lowest BCUT2D eigenvalue weighted by molar-refractivity contribution is -0.120. The second-order valence-electron chi connectivity index (χ2n) is 6.03. The van der Waals surface area contributed by atoms with Crippen LogP contribution in [-0.2, 0) is 16.1 Å². The largest absolute Gasteiger partial charge is 0.483 e. The van der Waals surface area contributed by atoms with Crippen molar-refractivity contribution in [1.82, 2.24) is 0 Å². The highest BCUT2D eigenvalue weighted by Crippen LogP contribution is 2.26. The molecule has 5 N–H and O–H groups in total. The van der Waals surface area contributed by atoms with Crippen molar-refractivity contribution >= 4 is 23.3 Å². The van der Waals surface area contributed by atoms with E-state index in [2.05, 4.69) is 0 Å². The number of amides is 2. The van der Waals surface area contributed by atoms with Crippen LogP contribution in [0.25, 0.3) is 0 Å². The Morgan fingerprint density at radius 3 is 2.44 bits per heavy atom. The molecule has 2 aromatic carbocycles. The first-order valence-corrected chi connectivity index (χ1v) is 8.11. The van der Waals surface area contributed by atoms with Crippen molar-refractivity contribution in [3.63, 3.8) is 0 Å². The monoisotopic (exact) mass is 372 g/mol. The number of nitrogens with one attached hydrogen (secondary N) is 1. The SMILES string of the molecule is CC(=O)N(Cc1ccc(C(=N)N)cc1OCC(N)=O)c1ccc(F)c(C)c1. The van der Waals surface area contributed by atoms with E-state index in [-0.39, 0.29) is 36.5 Å². The van der Waals surface area contributed by atoms with Gasteiger partial charge in [0, 0.05) is 23.7 Å². The van der Waals surface area contributed by atoms with Crippen LogP contribution in [0.5, 0.6) is 5.75 Å². The number of hydrogen-bond donors (Lipinski definition) is 3. The number of aryl methyl sites for hydroxylation is 1. The van der Waals surface area contributed by atoms with E-state index >= 15 is 0 Å². The molecule has 0 saturated heterocycles. The molecular formula is C19H21FN4O3. The molecule has 0 spiro atoms. The number of primary amides is 1. The van der Waals surface area contributed by atoms with Crippen LogP contribution in [0.1, 0.15) is 23.6 Å². The Morgan fingerprint density at radius 1 is 1.19 bits per heavy atom. The molecule has 2 rings (SSSR count). The summed E-state index contributed by atoms with van der Waals surface area (Å²) in [7, 11) is 0. The first-order chi connectivity index (χ1) is 12.7. The lowest BCUT2D eigenvalue weighted by atomic mass is 10.1. The number of hydrogen-bond acceptors (Lipinski definition) is 4. The summed E-state index contributed by atoms with van der Waals surface area (Å²) in [5, 5.41) is 7.54. The standard InChI is InChI=1S/C19H21FN4O3/c1-11-7-15(5-6-16(11)20)24(12(2)25)9-14-4-3-13(19(22)23)8-17(14)27-10-18(21)26/h3-8H,9-10H2,1-2H3,(H2,21,26)(H3,22,23). The molecule has 0 aliphatic carbocycles. The number of benzene rings is 2. The average Bonchev–Trinajstić information content (AvgIpc) is 2.60. The van der Waals surface area contributed by atoms with Crippen molar-refractivity contribution in [2.75, 3.05) is 11.5 Å². The summed E-state index contributed by atoms with van der Waals surface area (Å²) in [6.45, 7) is 2.77. The molecule has 2 aromatic rings. The molecule has 27 heavy (non-hydrogen) atoms. The summed E-state index contributed by atoms with van der Waals surface area (Å²) in [6.07, 6.45) is 0. The number of nitrogen functional groups attached to an aromatic ring is 1. The molecule has 0 saturated carbocycles. The third-order valence-corrected chi connectivity index (χ3v) is 3.91. The van der Waals surface area contributed by atoms with Gasteiger partial charge in [-0.15, -0.1) is 0 Å². The van der Waals surface area contributed by atoms with Crippen LogP contribution in [0.3, 0.4) is 0 Å². The van der Waals surface area contributed by atoms with Gasteiger partial charge in [-0.3, -0.25) is 15.0 Å². The van der Waals surface area contributed by atoms with Gasteiger partial charge in [0.25, 0.3) is 5.91 Å². The first-order valence-electron chi connectivity index (χ1n) is 8.11. The fraction of sp³-hybridized carbons (Fsp3) is 0.211. The van der Waals surface area contributed by atoms with E-state index in [1.807, 2.05) is 0 Å². The molecule has 0 aliphatic rings. The molecular weight excluding hydrogens is 351 g/mol. The van der Waals surface area contributed by atoms with E-state index in [0.29, 0.717) is 22.4 Å². The molecule has 7 nitrogen and oxygen atoms in total. The Kier molecular flexibility index (Phi) is 6.12. The smallest absolute Gasteiger partial charge is 0.255 e. The zero-order valence-electron chi connectivity index (χ0n) is 15.1. The minimum Gasteiger partial charge on any atom is -0.483 e. The maximum absolute atomic E-state index is 13.6. The van der Waals surface area contributed by atoms with Gasteiger partial charge in [0.05, 0.1) is 6.54 Å². The molecule has 0 heterocycles. The number of nitrogens with zero attached hydrogens (tertiary/aromatic N) is 1. The number of carbonyl (C=O) groups is 2. The Balaban J connectivity index is 2.41. The van der Waals surface area contributed by atoms with Gasteiger partial charge in [0.1, 0.15) is 17.4 Å². The van der Waals surface area contributed by atoms with Gasteiger partial charge in [0.2, 0.25) is 5.91 Å². The topological polar surface area (TPSA) is 122 Å². The van der Waals surface area contributed by atoms with Gasteiger partial charge >= 0.3 is 0 Å². The fourth-order valence-corrected chi connectivity index (χ4v) is 2.49. The Morgan fingerprint density at radius 2 is 1.89 bits per heavy atom. The van der Waals surface area contributed by atoms with Crippen molar-refractivity contribution < 1.29 is 18.7 Å². The Hall–Kier alpha value is -3.42. The lowest BCUT2D eigenvalue weighted by Crippen LogP contribution is -2.28. The van der Waals surface area contributed by atoms with Gasteiger partial charge in [0.15, 0.2) is 6.61 Å². The summed E-state index contributed by atoms with van der Waals surface area (Å²) in [6, 6.07) is 9.16. The molecule has 0 unspecified atom stereocenters. The molecule has 2 amide bonds. The summed E-state index contributed by atoms with van der Waals surface area (Å²) in [5.41, 5.74) is 12.6. The van der Waals surface area contributed by atoms with Crippen LogP contribution < -0.4 is 21.1 Å². The molecule has 0 fully saturated rings. The maximum Gasteiger partial charge on any atom is 0.255 e. The zero-order chi connectivity index (χ0) is 20.1. The summed E-state index contributed by atoms with van der Waals surface area (Å²) in [4.78, 5) is 24.7. The number of amidine groups is 1. The van der Waals surface area contributed by atoms with Gasteiger partial charge in [-0.05, 0) is 36.8 Å². The summed E-state index contributed by atoms with van der Waals surface area (Å²) >= 11 is 0.